The van der Waals surface area contributed by atoms with Gasteiger partial charge in [-0.25, -0.2) is 4.98 Å². The lowest BCUT2D eigenvalue weighted by molar-refractivity contribution is -0.132. The van der Waals surface area contributed by atoms with E-state index < -0.39 is 0 Å². The van der Waals surface area contributed by atoms with E-state index in [0.29, 0.717) is 31.0 Å². The van der Waals surface area contributed by atoms with Crippen LogP contribution < -0.4 is 4.74 Å². The van der Waals surface area contributed by atoms with Crippen LogP contribution in [0.3, 0.4) is 0 Å². The van der Waals surface area contributed by atoms with Crippen LogP contribution in [0.5, 0.6) is 5.75 Å². The SMILES string of the molecule is CCC(=O)N1CCc2ccc(OCc3nc(C(=O)N(C)Cc4ccco4)cs3)cc2[C@@H]1c1ccc(C)cc1. The van der Waals surface area contributed by atoms with Crippen LogP contribution in [0.15, 0.2) is 70.7 Å². The molecule has 196 valence electrons. The van der Waals surface area contributed by atoms with E-state index in [2.05, 4.69) is 42.2 Å². The standard InChI is InChI=1S/C30H31N3O4S/c1-4-28(34)33-14-13-21-11-12-23(16-25(21)29(33)22-9-7-20(2)8-10-22)37-18-27-31-26(19-38-27)30(35)32(3)17-24-6-5-15-36-24/h5-12,15-16,19,29H,4,13-14,17-18H2,1-3H3/t29-/m0/s1. The van der Waals surface area contributed by atoms with Crippen molar-refractivity contribution in [3.8, 4) is 5.75 Å². The van der Waals surface area contributed by atoms with Crippen molar-refractivity contribution in [3.05, 3.63) is 105 Å². The highest BCUT2D eigenvalue weighted by molar-refractivity contribution is 7.09. The first-order valence-electron chi connectivity index (χ1n) is 12.8. The summed E-state index contributed by atoms with van der Waals surface area (Å²) in [6.45, 7) is 5.30. The fraction of sp³-hybridized carbons (Fsp3) is 0.300. The second kappa shape index (κ2) is 11.2. The molecular weight excluding hydrogens is 498 g/mol. The minimum atomic E-state index is -0.167. The van der Waals surface area contributed by atoms with E-state index in [1.807, 2.05) is 30.0 Å². The lowest BCUT2D eigenvalue weighted by atomic mass is 9.87. The number of rotatable bonds is 8. The normalized spacial score (nSPS) is 14.7. The summed E-state index contributed by atoms with van der Waals surface area (Å²) in [7, 11) is 1.73. The van der Waals surface area contributed by atoms with Crippen molar-refractivity contribution in [3.63, 3.8) is 0 Å². The zero-order valence-electron chi connectivity index (χ0n) is 21.8. The molecule has 0 spiro atoms. The van der Waals surface area contributed by atoms with Crippen LogP contribution in [0.25, 0.3) is 0 Å². The summed E-state index contributed by atoms with van der Waals surface area (Å²) in [6.07, 6.45) is 2.87. The first kappa shape index (κ1) is 25.7. The number of carbonyl (C=O) groups is 2. The molecule has 4 aromatic rings. The zero-order chi connectivity index (χ0) is 26.6. The summed E-state index contributed by atoms with van der Waals surface area (Å²) < 4.78 is 11.5. The third kappa shape index (κ3) is 5.50. The third-order valence-electron chi connectivity index (χ3n) is 6.81. The Labute approximate surface area is 226 Å². The molecule has 0 radical (unpaired) electrons. The smallest absolute Gasteiger partial charge is 0.273 e. The second-order valence-electron chi connectivity index (χ2n) is 9.52. The van der Waals surface area contributed by atoms with E-state index in [-0.39, 0.29) is 24.5 Å². The van der Waals surface area contributed by atoms with Crippen molar-refractivity contribution in [2.24, 2.45) is 0 Å². The van der Waals surface area contributed by atoms with Gasteiger partial charge in [0.25, 0.3) is 5.91 Å². The van der Waals surface area contributed by atoms with Crippen molar-refractivity contribution in [2.75, 3.05) is 13.6 Å². The number of furan rings is 1. The van der Waals surface area contributed by atoms with Gasteiger partial charge in [0.2, 0.25) is 5.91 Å². The van der Waals surface area contributed by atoms with E-state index in [1.54, 1.807) is 29.7 Å². The summed E-state index contributed by atoms with van der Waals surface area (Å²) >= 11 is 1.40. The van der Waals surface area contributed by atoms with Gasteiger partial charge >= 0.3 is 0 Å². The van der Waals surface area contributed by atoms with E-state index in [0.717, 1.165) is 28.3 Å². The molecule has 1 aliphatic rings. The van der Waals surface area contributed by atoms with Crippen molar-refractivity contribution in [1.82, 2.24) is 14.8 Å². The number of carbonyl (C=O) groups excluding carboxylic acids is 2. The van der Waals surface area contributed by atoms with Gasteiger partial charge in [-0.1, -0.05) is 42.8 Å². The average molecular weight is 530 g/mol. The molecule has 8 heteroatoms. The van der Waals surface area contributed by atoms with E-state index in [4.69, 9.17) is 9.15 Å². The quantitative estimate of drug-likeness (QED) is 0.289. The minimum Gasteiger partial charge on any atom is -0.486 e. The maximum Gasteiger partial charge on any atom is 0.273 e. The van der Waals surface area contributed by atoms with Gasteiger partial charge in [-0.3, -0.25) is 9.59 Å². The lowest BCUT2D eigenvalue weighted by Gasteiger charge is -2.38. The highest BCUT2D eigenvalue weighted by Crippen LogP contribution is 2.37. The van der Waals surface area contributed by atoms with Crippen LogP contribution in [0.1, 0.15) is 62.9 Å². The first-order chi connectivity index (χ1) is 18.4. The van der Waals surface area contributed by atoms with E-state index >= 15 is 0 Å². The van der Waals surface area contributed by atoms with Crippen molar-refractivity contribution in [1.29, 1.82) is 0 Å². The van der Waals surface area contributed by atoms with Crippen molar-refractivity contribution >= 4 is 23.2 Å². The van der Waals surface area contributed by atoms with E-state index in [9.17, 15) is 9.59 Å². The molecule has 2 aromatic carbocycles. The molecule has 1 atom stereocenters. The molecule has 0 aliphatic carbocycles. The van der Waals surface area contributed by atoms with Crippen LogP contribution in [0.2, 0.25) is 0 Å². The molecule has 3 heterocycles. The Morgan fingerprint density at radius 1 is 1.18 bits per heavy atom. The number of benzene rings is 2. The molecule has 0 saturated heterocycles. The van der Waals surface area contributed by atoms with Crippen LogP contribution >= 0.6 is 11.3 Å². The number of aromatic nitrogens is 1. The minimum absolute atomic E-state index is 0.143. The van der Waals surface area contributed by atoms with Gasteiger partial charge in [0.1, 0.15) is 28.8 Å². The number of thiazole rings is 1. The Hall–Kier alpha value is -3.91. The number of nitrogens with zero attached hydrogens (tertiary/aromatic N) is 3. The van der Waals surface area contributed by atoms with Gasteiger partial charge in [-0.05, 0) is 54.3 Å². The molecule has 0 saturated carbocycles. The molecule has 38 heavy (non-hydrogen) atoms. The van der Waals surface area contributed by atoms with Crippen LogP contribution in [-0.4, -0.2) is 40.2 Å². The Balaban J connectivity index is 1.32. The zero-order valence-corrected chi connectivity index (χ0v) is 22.7. The number of ether oxygens (including phenoxy) is 1. The number of hydrogen-bond acceptors (Lipinski definition) is 6. The van der Waals surface area contributed by atoms with Crippen LogP contribution in [-0.2, 0) is 24.4 Å². The number of amides is 2. The number of hydrogen-bond donors (Lipinski definition) is 0. The average Bonchev–Trinajstić information content (AvgIpc) is 3.63. The second-order valence-corrected chi connectivity index (χ2v) is 10.5. The first-order valence-corrected chi connectivity index (χ1v) is 13.6. The Kier molecular flexibility index (Phi) is 7.60. The van der Waals surface area contributed by atoms with E-state index in [1.165, 1.54) is 22.5 Å². The lowest BCUT2D eigenvalue weighted by Crippen LogP contribution is -2.40. The topological polar surface area (TPSA) is 75.9 Å². The molecule has 1 aliphatic heterocycles. The molecule has 2 aromatic heterocycles. The number of fused-ring (bicyclic) bond motifs is 1. The van der Waals surface area contributed by atoms with Crippen LogP contribution in [0, 0.1) is 6.92 Å². The highest BCUT2D eigenvalue weighted by Gasteiger charge is 2.31. The van der Waals surface area contributed by atoms with Gasteiger partial charge in [0.15, 0.2) is 0 Å². The maximum atomic E-state index is 12.9. The van der Waals surface area contributed by atoms with Crippen molar-refractivity contribution < 1.29 is 18.7 Å². The highest BCUT2D eigenvalue weighted by atomic mass is 32.1. The predicted molar refractivity (Wildman–Crippen MR) is 146 cm³/mol. The summed E-state index contributed by atoms with van der Waals surface area (Å²) in [6, 6.07) is 18.0. The monoisotopic (exact) mass is 529 g/mol. The largest absolute Gasteiger partial charge is 0.486 e. The third-order valence-corrected chi connectivity index (χ3v) is 7.64. The van der Waals surface area contributed by atoms with Crippen molar-refractivity contribution in [2.45, 2.75) is 45.9 Å². The number of aryl methyl sites for hydroxylation is 1. The maximum absolute atomic E-state index is 12.9. The Morgan fingerprint density at radius 3 is 2.74 bits per heavy atom. The predicted octanol–water partition coefficient (Wildman–Crippen LogP) is 5.78. The summed E-state index contributed by atoms with van der Waals surface area (Å²) in [5, 5.41) is 2.48. The van der Waals surface area contributed by atoms with Gasteiger partial charge in [-0.15, -0.1) is 11.3 Å². The molecule has 0 fully saturated rings. The fourth-order valence-corrected chi connectivity index (χ4v) is 5.47. The molecule has 0 N–H and O–H groups in total. The summed E-state index contributed by atoms with van der Waals surface area (Å²) in [5.74, 6) is 1.41. The Morgan fingerprint density at radius 2 is 2.00 bits per heavy atom. The summed E-state index contributed by atoms with van der Waals surface area (Å²) in [5.41, 5.74) is 4.99. The molecule has 0 bridgehead atoms. The molecule has 5 rings (SSSR count). The van der Waals surface area contributed by atoms with Gasteiger partial charge in [0, 0.05) is 25.4 Å². The van der Waals surface area contributed by atoms with Crippen LogP contribution in [0.4, 0.5) is 0 Å². The fourth-order valence-electron chi connectivity index (χ4n) is 4.79. The molecule has 2 amide bonds. The molecule has 7 nitrogen and oxygen atoms in total. The summed E-state index contributed by atoms with van der Waals surface area (Å²) in [4.78, 5) is 33.7. The van der Waals surface area contributed by atoms with Gasteiger partial charge in [0.05, 0.1) is 18.8 Å². The molecule has 0 unspecified atom stereocenters. The van der Waals surface area contributed by atoms with Gasteiger partial charge in [-0.2, -0.15) is 0 Å². The molecular formula is C30H31N3O4S. The van der Waals surface area contributed by atoms with Gasteiger partial charge < -0.3 is 19.0 Å². The Bertz CT molecular complexity index is 1410.